The Morgan fingerprint density at radius 2 is 2.18 bits per heavy atom. The first-order chi connectivity index (χ1) is 5.16. The van der Waals surface area contributed by atoms with E-state index in [4.69, 9.17) is 4.52 Å². The van der Waals surface area contributed by atoms with Gasteiger partial charge in [0, 0.05) is 17.2 Å². The summed E-state index contributed by atoms with van der Waals surface area (Å²) in [5.74, 6) is 2.05. The van der Waals surface area contributed by atoms with Crippen molar-refractivity contribution in [2.75, 3.05) is 0 Å². The van der Waals surface area contributed by atoms with Crippen molar-refractivity contribution in [3.63, 3.8) is 0 Å². The van der Waals surface area contributed by atoms with Crippen LogP contribution in [0.1, 0.15) is 36.8 Å². The third-order valence-electron chi connectivity index (χ3n) is 1.73. The summed E-state index contributed by atoms with van der Waals surface area (Å²) in [6.07, 6.45) is 0. The molecule has 1 rings (SSSR count). The zero-order chi connectivity index (χ0) is 8.43. The van der Waals surface area contributed by atoms with Crippen molar-refractivity contribution in [2.24, 2.45) is 0 Å². The number of hydrogen-bond donors (Lipinski definition) is 1. The Labute approximate surface area is 72.4 Å². The molecule has 0 spiro atoms. The summed E-state index contributed by atoms with van der Waals surface area (Å²) in [6.45, 7) is 6.21. The van der Waals surface area contributed by atoms with Crippen molar-refractivity contribution in [2.45, 2.75) is 32.4 Å². The molecule has 0 aliphatic heterocycles. The monoisotopic (exact) mass is 171 g/mol. The Morgan fingerprint density at radius 1 is 1.55 bits per heavy atom. The first-order valence-electron chi connectivity index (χ1n) is 3.72. The number of nitrogens with zero attached hydrogens (tertiary/aromatic N) is 1. The maximum Gasteiger partial charge on any atom is 0.142 e. The number of hydrogen-bond acceptors (Lipinski definition) is 3. The highest BCUT2D eigenvalue weighted by molar-refractivity contribution is 7.79. The Morgan fingerprint density at radius 3 is 2.45 bits per heavy atom. The van der Waals surface area contributed by atoms with E-state index in [9.17, 15) is 0 Å². The summed E-state index contributed by atoms with van der Waals surface area (Å²) in [5.41, 5.74) is 2.10. The molecule has 1 aromatic heterocycles. The molecule has 0 radical (unpaired) electrons. The van der Waals surface area contributed by atoms with Crippen LogP contribution in [0.15, 0.2) is 4.52 Å². The zero-order valence-electron chi connectivity index (χ0n) is 7.09. The van der Waals surface area contributed by atoms with Gasteiger partial charge >= 0.3 is 0 Å². The molecule has 0 N–H and O–H groups in total. The van der Waals surface area contributed by atoms with Crippen LogP contribution in [0, 0.1) is 6.92 Å². The van der Waals surface area contributed by atoms with E-state index in [0.29, 0.717) is 11.7 Å². The highest BCUT2D eigenvalue weighted by atomic mass is 32.1. The van der Waals surface area contributed by atoms with Crippen LogP contribution in [0.5, 0.6) is 0 Å². The highest BCUT2D eigenvalue weighted by Gasteiger charge is 2.12. The minimum atomic E-state index is 0.413. The van der Waals surface area contributed by atoms with Crippen LogP contribution in [-0.2, 0) is 5.75 Å². The lowest BCUT2D eigenvalue weighted by atomic mass is 10.1. The lowest BCUT2D eigenvalue weighted by Crippen LogP contribution is -1.87. The molecule has 1 heterocycles. The summed E-state index contributed by atoms with van der Waals surface area (Å²) >= 11 is 4.14. The first-order valence-corrected chi connectivity index (χ1v) is 4.36. The van der Waals surface area contributed by atoms with Crippen molar-refractivity contribution in [3.8, 4) is 0 Å². The predicted molar refractivity (Wildman–Crippen MR) is 48.0 cm³/mol. The van der Waals surface area contributed by atoms with E-state index in [-0.39, 0.29) is 0 Å². The SMILES string of the molecule is Cc1c(CS)noc1C(C)C. The van der Waals surface area contributed by atoms with Gasteiger partial charge in [-0.25, -0.2) is 0 Å². The van der Waals surface area contributed by atoms with E-state index in [1.54, 1.807) is 0 Å². The molecule has 0 saturated carbocycles. The van der Waals surface area contributed by atoms with Gasteiger partial charge in [-0.1, -0.05) is 19.0 Å². The molecule has 0 saturated heterocycles. The Balaban J connectivity index is 3.00. The number of thiol groups is 1. The second kappa shape index (κ2) is 3.30. The van der Waals surface area contributed by atoms with Crippen LogP contribution < -0.4 is 0 Å². The molecule has 0 amide bonds. The molecule has 2 nitrogen and oxygen atoms in total. The minimum Gasteiger partial charge on any atom is -0.361 e. The van der Waals surface area contributed by atoms with Crippen LogP contribution in [0.4, 0.5) is 0 Å². The van der Waals surface area contributed by atoms with Crippen molar-refractivity contribution in [3.05, 3.63) is 17.0 Å². The van der Waals surface area contributed by atoms with Gasteiger partial charge in [0.1, 0.15) is 5.76 Å². The Hall–Kier alpha value is -0.440. The Bertz CT molecular complexity index is 242. The minimum absolute atomic E-state index is 0.413. The normalized spacial score (nSPS) is 11.0. The summed E-state index contributed by atoms with van der Waals surface area (Å²) in [4.78, 5) is 0. The second-order valence-corrected chi connectivity index (χ2v) is 3.25. The van der Waals surface area contributed by atoms with Crippen LogP contribution in [0.3, 0.4) is 0 Å². The highest BCUT2D eigenvalue weighted by Crippen LogP contribution is 2.21. The molecular formula is C8H13NOS. The van der Waals surface area contributed by atoms with Gasteiger partial charge in [-0.2, -0.15) is 12.6 Å². The summed E-state index contributed by atoms with van der Waals surface area (Å²) in [5, 5.41) is 3.90. The quantitative estimate of drug-likeness (QED) is 0.692. The molecule has 0 atom stereocenters. The molecule has 11 heavy (non-hydrogen) atoms. The van der Waals surface area contributed by atoms with Crippen LogP contribution in [0.25, 0.3) is 0 Å². The fourth-order valence-corrected chi connectivity index (χ4v) is 1.36. The zero-order valence-corrected chi connectivity index (χ0v) is 7.98. The third kappa shape index (κ3) is 1.59. The molecule has 0 aliphatic carbocycles. The van der Waals surface area contributed by atoms with Gasteiger partial charge in [-0.05, 0) is 6.92 Å². The molecular weight excluding hydrogens is 158 g/mol. The van der Waals surface area contributed by atoms with Crippen LogP contribution >= 0.6 is 12.6 Å². The van der Waals surface area contributed by atoms with E-state index in [2.05, 4.69) is 31.6 Å². The van der Waals surface area contributed by atoms with Crippen molar-refractivity contribution in [1.82, 2.24) is 5.16 Å². The fraction of sp³-hybridized carbons (Fsp3) is 0.625. The van der Waals surface area contributed by atoms with Gasteiger partial charge in [-0.3, -0.25) is 0 Å². The van der Waals surface area contributed by atoms with E-state index in [1.807, 2.05) is 6.92 Å². The van der Waals surface area contributed by atoms with E-state index in [1.165, 1.54) is 0 Å². The maximum absolute atomic E-state index is 5.15. The summed E-state index contributed by atoms with van der Waals surface area (Å²) in [7, 11) is 0. The largest absolute Gasteiger partial charge is 0.361 e. The molecule has 1 aromatic rings. The maximum atomic E-state index is 5.15. The lowest BCUT2D eigenvalue weighted by molar-refractivity contribution is 0.366. The van der Waals surface area contributed by atoms with Crippen molar-refractivity contribution >= 4 is 12.6 Å². The predicted octanol–water partition coefficient (Wildman–Crippen LogP) is 2.54. The lowest BCUT2D eigenvalue weighted by Gasteiger charge is -1.98. The third-order valence-corrected chi connectivity index (χ3v) is 2.03. The number of rotatable bonds is 2. The molecule has 0 bridgehead atoms. The molecule has 0 aliphatic rings. The van der Waals surface area contributed by atoms with Gasteiger partial charge in [0.05, 0.1) is 5.69 Å². The second-order valence-electron chi connectivity index (χ2n) is 2.93. The summed E-state index contributed by atoms with van der Waals surface area (Å²) in [6, 6.07) is 0. The topological polar surface area (TPSA) is 26.0 Å². The van der Waals surface area contributed by atoms with Gasteiger partial charge in [0.25, 0.3) is 0 Å². The average molecular weight is 171 g/mol. The Kier molecular flexibility index (Phi) is 2.60. The van der Waals surface area contributed by atoms with Gasteiger partial charge in [0.2, 0.25) is 0 Å². The van der Waals surface area contributed by atoms with Crippen LogP contribution in [0.2, 0.25) is 0 Å². The average Bonchev–Trinajstić information content (AvgIpc) is 2.30. The summed E-state index contributed by atoms with van der Waals surface area (Å²) < 4.78 is 5.15. The van der Waals surface area contributed by atoms with Crippen molar-refractivity contribution in [1.29, 1.82) is 0 Å². The van der Waals surface area contributed by atoms with E-state index in [0.717, 1.165) is 17.0 Å². The molecule has 0 aromatic carbocycles. The molecule has 0 unspecified atom stereocenters. The van der Waals surface area contributed by atoms with Gasteiger partial charge < -0.3 is 4.52 Å². The smallest absolute Gasteiger partial charge is 0.142 e. The van der Waals surface area contributed by atoms with Crippen molar-refractivity contribution < 1.29 is 4.52 Å². The standard InChI is InChI=1S/C8H13NOS/c1-5(2)8-6(3)7(4-11)9-10-8/h5,11H,4H2,1-3H3. The number of aromatic nitrogens is 1. The van der Waals surface area contributed by atoms with Gasteiger partial charge in [-0.15, -0.1) is 0 Å². The van der Waals surface area contributed by atoms with Crippen LogP contribution in [-0.4, -0.2) is 5.16 Å². The molecule has 62 valence electrons. The molecule has 3 heteroatoms. The fourth-order valence-electron chi connectivity index (χ4n) is 1.07. The van der Waals surface area contributed by atoms with Gasteiger partial charge in [0.15, 0.2) is 0 Å². The van der Waals surface area contributed by atoms with E-state index >= 15 is 0 Å². The molecule has 0 fully saturated rings. The van der Waals surface area contributed by atoms with E-state index < -0.39 is 0 Å². The first kappa shape index (κ1) is 8.65.